The highest BCUT2D eigenvalue weighted by Crippen LogP contribution is 2.29. The van der Waals surface area contributed by atoms with E-state index in [0.717, 1.165) is 12.5 Å². The van der Waals surface area contributed by atoms with Gasteiger partial charge >= 0.3 is 0 Å². The lowest BCUT2D eigenvalue weighted by Gasteiger charge is -2.11. The lowest BCUT2D eigenvalue weighted by atomic mass is 10.2. The Kier molecular flexibility index (Phi) is 5.45. The molecule has 2 aromatic rings. The molecule has 3 nitrogen and oxygen atoms in total. The van der Waals surface area contributed by atoms with Crippen molar-refractivity contribution in [3.05, 3.63) is 54.5 Å². The Balaban J connectivity index is 2.32. The number of hydrogen-bond donors (Lipinski definition) is 1. The lowest BCUT2D eigenvalue weighted by molar-refractivity contribution is 0.102. The third-order valence-electron chi connectivity index (χ3n) is 2.58. The summed E-state index contributed by atoms with van der Waals surface area (Å²) < 4.78 is 7.86. The van der Waals surface area contributed by atoms with Crippen LogP contribution in [0.1, 0.15) is 10.4 Å². The Morgan fingerprint density at radius 1 is 1.20 bits per heavy atom. The number of methoxy groups -OCH3 is 1. The lowest BCUT2D eigenvalue weighted by Crippen LogP contribution is -2.13. The van der Waals surface area contributed by atoms with Crippen molar-refractivity contribution in [3.63, 3.8) is 0 Å². The molecule has 6 heteroatoms. The molecule has 0 aliphatic rings. The van der Waals surface area contributed by atoms with E-state index in [1.54, 1.807) is 19.2 Å². The minimum atomic E-state index is -0.188. The summed E-state index contributed by atoms with van der Waals surface area (Å²) in [6.07, 6.45) is 0. The van der Waals surface area contributed by atoms with Crippen LogP contribution in [0.3, 0.4) is 0 Å². The highest BCUT2D eigenvalue weighted by atomic mass is 127. The van der Waals surface area contributed by atoms with Crippen LogP contribution in [-0.2, 0) is 0 Å². The molecule has 1 N–H and O–H groups in total. The molecule has 0 fully saturated rings. The Bertz CT molecular complexity index is 662. The summed E-state index contributed by atoms with van der Waals surface area (Å²) in [5.74, 6) is 0.426. The van der Waals surface area contributed by atoms with Crippen LogP contribution in [-0.4, -0.2) is 13.0 Å². The average molecular weight is 511 g/mol. The van der Waals surface area contributed by atoms with Crippen LogP contribution < -0.4 is 10.1 Å². The van der Waals surface area contributed by atoms with Gasteiger partial charge in [-0.2, -0.15) is 0 Å². The highest BCUT2D eigenvalue weighted by Gasteiger charge is 2.13. The van der Waals surface area contributed by atoms with Crippen molar-refractivity contribution in [2.75, 3.05) is 12.4 Å². The Labute approximate surface area is 147 Å². The van der Waals surface area contributed by atoms with Crippen LogP contribution in [0.2, 0.25) is 0 Å². The summed E-state index contributed by atoms with van der Waals surface area (Å²) in [7, 11) is 1.57. The molecular weight excluding hydrogens is 501 g/mol. The van der Waals surface area contributed by atoms with Crippen LogP contribution in [0.5, 0.6) is 5.75 Å². The molecule has 0 saturated heterocycles. The van der Waals surface area contributed by atoms with E-state index >= 15 is 0 Å². The molecule has 0 radical (unpaired) electrons. The van der Waals surface area contributed by atoms with E-state index < -0.39 is 0 Å². The fourth-order valence-corrected chi connectivity index (χ4v) is 2.92. The average Bonchev–Trinajstić information content (AvgIpc) is 2.41. The molecule has 0 saturated carbocycles. The predicted molar refractivity (Wildman–Crippen MR) is 95.5 cm³/mol. The smallest absolute Gasteiger partial charge is 0.256 e. The molecule has 0 unspecified atom stereocenters. The molecule has 2 aromatic carbocycles. The molecule has 2 rings (SSSR count). The number of amides is 1. The Hall–Kier alpha value is -0.600. The van der Waals surface area contributed by atoms with Crippen molar-refractivity contribution >= 4 is 66.0 Å². The fourth-order valence-electron chi connectivity index (χ4n) is 1.64. The van der Waals surface area contributed by atoms with E-state index in [4.69, 9.17) is 4.74 Å². The molecule has 0 bridgehead atoms. The zero-order chi connectivity index (χ0) is 14.7. The molecule has 0 heterocycles. The molecule has 0 aliphatic carbocycles. The third-order valence-corrected chi connectivity index (χ3v) is 4.44. The van der Waals surface area contributed by atoms with E-state index in [1.165, 1.54) is 0 Å². The van der Waals surface area contributed by atoms with Crippen molar-refractivity contribution < 1.29 is 9.53 Å². The molecule has 0 aliphatic heterocycles. The molecule has 0 aromatic heterocycles. The van der Waals surface area contributed by atoms with Crippen molar-refractivity contribution in [2.24, 2.45) is 0 Å². The largest absolute Gasteiger partial charge is 0.495 e. The summed E-state index contributed by atoms with van der Waals surface area (Å²) in [6.45, 7) is 0. The normalized spacial score (nSPS) is 10.2. The van der Waals surface area contributed by atoms with Gasteiger partial charge in [0.1, 0.15) is 5.75 Å². The second-order valence-corrected chi connectivity index (χ2v) is 6.94. The Morgan fingerprint density at radius 3 is 2.65 bits per heavy atom. The number of rotatable bonds is 3. The van der Waals surface area contributed by atoms with Crippen molar-refractivity contribution in [3.8, 4) is 5.75 Å². The minimum absolute atomic E-state index is 0.188. The van der Waals surface area contributed by atoms with Gasteiger partial charge in [0.2, 0.25) is 0 Å². The number of carbonyl (C=O) groups is 1. The topological polar surface area (TPSA) is 38.3 Å². The van der Waals surface area contributed by atoms with Gasteiger partial charge in [0.05, 0.1) is 18.4 Å². The zero-order valence-electron chi connectivity index (χ0n) is 10.4. The van der Waals surface area contributed by atoms with E-state index in [0.29, 0.717) is 17.0 Å². The number of nitrogens with one attached hydrogen (secondary N) is 1. The summed E-state index contributed by atoms with van der Waals surface area (Å²) >= 11 is 8.94. The monoisotopic (exact) mass is 509 g/mol. The SMILES string of the molecule is COc1ccc(Br)cc1NC(=O)c1cc(I)ccc1Br. The maximum atomic E-state index is 12.4. The quantitative estimate of drug-likeness (QED) is 0.585. The van der Waals surface area contributed by atoms with Crippen LogP contribution >= 0.6 is 54.5 Å². The van der Waals surface area contributed by atoms with Gasteiger partial charge in [0, 0.05) is 12.5 Å². The maximum absolute atomic E-state index is 12.4. The van der Waals surface area contributed by atoms with Crippen LogP contribution in [0, 0.1) is 3.57 Å². The van der Waals surface area contributed by atoms with Gasteiger partial charge in [-0.15, -0.1) is 0 Å². The minimum Gasteiger partial charge on any atom is -0.495 e. The van der Waals surface area contributed by atoms with Gasteiger partial charge in [-0.3, -0.25) is 4.79 Å². The van der Waals surface area contributed by atoms with Crippen LogP contribution in [0.4, 0.5) is 5.69 Å². The van der Waals surface area contributed by atoms with Gasteiger partial charge in [-0.1, -0.05) is 15.9 Å². The van der Waals surface area contributed by atoms with E-state index in [9.17, 15) is 4.79 Å². The summed E-state index contributed by atoms with van der Waals surface area (Å²) in [4.78, 5) is 12.4. The van der Waals surface area contributed by atoms with Crippen molar-refractivity contribution in [1.29, 1.82) is 0 Å². The van der Waals surface area contributed by atoms with Gasteiger partial charge in [-0.05, 0) is 74.9 Å². The number of carbonyl (C=O) groups excluding carboxylic acids is 1. The second kappa shape index (κ2) is 6.91. The fraction of sp³-hybridized carbons (Fsp3) is 0.0714. The third kappa shape index (κ3) is 3.73. The second-order valence-electron chi connectivity index (χ2n) is 3.92. The molecule has 0 atom stereocenters. The van der Waals surface area contributed by atoms with Gasteiger partial charge < -0.3 is 10.1 Å². The van der Waals surface area contributed by atoms with Crippen LogP contribution in [0.15, 0.2) is 45.3 Å². The summed E-state index contributed by atoms with van der Waals surface area (Å²) in [5.41, 5.74) is 1.21. The van der Waals surface area contributed by atoms with Crippen molar-refractivity contribution in [1.82, 2.24) is 0 Å². The number of hydrogen-bond acceptors (Lipinski definition) is 2. The first-order chi connectivity index (χ1) is 9.51. The number of ether oxygens (including phenoxy) is 1. The first kappa shape index (κ1) is 15.8. The number of halogens is 3. The zero-order valence-corrected chi connectivity index (χ0v) is 15.7. The molecule has 1 amide bonds. The number of benzene rings is 2. The first-order valence-corrected chi connectivity index (χ1v) is 8.27. The summed E-state index contributed by atoms with van der Waals surface area (Å²) in [6, 6.07) is 11.1. The number of anilines is 1. The van der Waals surface area contributed by atoms with E-state index in [2.05, 4.69) is 59.8 Å². The molecular formula is C14H10Br2INO2. The van der Waals surface area contributed by atoms with Gasteiger partial charge in [-0.25, -0.2) is 0 Å². The summed E-state index contributed by atoms with van der Waals surface area (Å²) in [5, 5.41) is 2.86. The molecule has 20 heavy (non-hydrogen) atoms. The van der Waals surface area contributed by atoms with Crippen LogP contribution in [0.25, 0.3) is 0 Å². The van der Waals surface area contributed by atoms with Gasteiger partial charge in [0.15, 0.2) is 0 Å². The van der Waals surface area contributed by atoms with Gasteiger partial charge in [0.25, 0.3) is 5.91 Å². The standard InChI is InChI=1S/C14H10Br2INO2/c1-20-13-5-2-8(15)6-12(13)18-14(19)10-7-9(17)3-4-11(10)16/h2-7H,1H3,(H,18,19). The maximum Gasteiger partial charge on any atom is 0.256 e. The van der Waals surface area contributed by atoms with E-state index in [1.807, 2.05) is 24.3 Å². The Morgan fingerprint density at radius 2 is 1.95 bits per heavy atom. The first-order valence-electron chi connectivity index (χ1n) is 5.61. The highest BCUT2D eigenvalue weighted by molar-refractivity contribution is 14.1. The van der Waals surface area contributed by atoms with E-state index in [-0.39, 0.29) is 5.91 Å². The predicted octanol–water partition coefficient (Wildman–Crippen LogP) is 5.08. The molecule has 0 spiro atoms. The van der Waals surface area contributed by atoms with Crippen molar-refractivity contribution in [2.45, 2.75) is 0 Å². The molecule has 104 valence electrons.